The van der Waals surface area contributed by atoms with Crippen molar-refractivity contribution in [3.63, 3.8) is 0 Å². The fourth-order valence-corrected chi connectivity index (χ4v) is 1.60. The van der Waals surface area contributed by atoms with Gasteiger partial charge in [-0.3, -0.25) is 0 Å². The number of ether oxygens (including phenoxy) is 1. The van der Waals surface area contributed by atoms with Crippen LogP contribution in [0.4, 0.5) is 5.69 Å². The molecular weight excluding hydrogens is 214 g/mol. The van der Waals surface area contributed by atoms with E-state index >= 15 is 0 Å². The molecule has 2 aromatic rings. The molecule has 0 atom stereocenters. The molecule has 0 fully saturated rings. The number of anilines is 1. The van der Waals surface area contributed by atoms with Crippen LogP contribution in [0, 0.1) is 6.92 Å². The molecule has 0 aliphatic carbocycles. The number of benzene rings is 2. The van der Waals surface area contributed by atoms with Gasteiger partial charge < -0.3 is 15.6 Å². The number of aliphatic hydroxyl groups is 1. The summed E-state index contributed by atoms with van der Waals surface area (Å²) >= 11 is 0. The summed E-state index contributed by atoms with van der Waals surface area (Å²) < 4.78 is 5.73. The van der Waals surface area contributed by atoms with E-state index in [-0.39, 0.29) is 6.61 Å². The van der Waals surface area contributed by atoms with Gasteiger partial charge in [0, 0.05) is 0 Å². The molecule has 0 saturated heterocycles. The average molecular weight is 229 g/mol. The van der Waals surface area contributed by atoms with Crippen molar-refractivity contribution in [3.8, 4) is 11.5 Å². The molecule has 3 heteroatoms. The van der Waals surface area contributed by atoms with Crippen molar-refractivity contribution < 1.29 is 9.84 Å². The first-order valence-electron chi connectivity index (χ1n) is 5.43. The second kappa shape index (κ2) is 4.89. The van der Waals surface area contributed by atoms with E-state index in [1.807, 2.05) is 49.4 Å². The van der Waals surface area contributed by atoms with E-state index < -0.39 is 0 Å². The van der Waals surface area contributed by atoms with Gasteiger partial charge in [-0.05, 0) is 36.2 Å². The van der Waals surface area contributed by atoms with Crippen molar-refractivity contribution in [2.75, 3.05) is 5.73 Å². The van der Waals surface area contributed by atoms with Gasteiger partial charge in [0.25, 0.3) is 0 Å². The highest BCUT2D eigenvalue weighted by molar-refractivity contribution is 5.57. The smallest absolute Gasteiger partial charge is 0.153 e. The highest BCUT2D eigenvalue weighted by Crippen LogP contribution is 2.30. The standard InChI is InChI=1S/C14H15NO2/c1-10-3-2-4-13(15)14(10)17-12-7-5-11(9-16)6-8-12/h2-8,16H,9,15H2,1H3. The number of para-hydroxylation sites is 1. The van der Waals surface area contributed by atoms with Gasteiger partial charge in [-0.2, -0.15) is 0 Å². The van der Waals surface area contributed by atoms with Crippen molar-refractivity contribution in [3.05, 3.63) is 53.6 Å². The number of nitrogens with two attached hydrogens (primary N) is 1. The number of rotatable bonds is 3. The predicted octanol–water partition coefficient (Wildman–Crippen LogP) is 2.86. The van der Waals surface area contributed by atoms with Crippen molar-refractivity contribution in [2.24, 2.45) is 0 Å². The summed E-state index contributed by atoms with van der Waals surface area (Å²) in [6.45, 7) is 1.99. The van der Waals surface area contributed by atoms with Gasteiger partial charge in [0.05, 0.1) is 12.3 Å². The Balaban J connectivity index is 2.25. The van der Waals surface area contributed by atoms with E-state index in [1.165, 1.54) is 0 Å². The molecule has 88 valence electrons. The Labute approximate surface area is 100 Å². The van der Waals surface area contributed by atoms with E-state index in [0.29, 0.717) is 17.2 Å². The fourth-order valence-electron chi connectivity index (χ4n) is 1.60. The molecule has 0 aliphatic rings. The Morgan fingerprint density at radius 3 is 2.41 bits per heavy atom. The maximum atomic E-state index is 8.95. The summed E-state index contributed by atoms with van der Waals surface area (Å²) in [5.41, 5.74) is 8.33. The topological polar surface area (TPSA) is 55.5 Å². The molecule has 0 radical (unpaired) electrons. The summed E-state index contributed by atoms with van der Waals surface area (Å²) in [6.07, 6.45) is 0. The van der Waals surface area contributed by atoms with Crippen molar-refractivity contribution >= 4 is 5.69 Å². The van der Waals surface area contributed by atoms with E-state index in [2.05, 4.69) is 0 Å². The van der Waals surface area contributed by atoms with Gasteiger partial charge in [0.2, 0.25) is 0 Å². The highest BCUT2D eigenvalue weighted by Gasteiger charge is 2.05. The average Bonchev–Trinajstić information content (AvgIpc) is 2.35. The maximum Gasteiger partial charge on any atom is 0.153 e. The Hall–Kier alpha value is -2.00. The SMILES string of the molecule is Cc1cccc(N)c1Oc1ccc(CO)cc1. The molecular formula is C14H15NO2. The van der Waals surface area contributed by atoms with Crippen LogP contribution in [0.25, 0.3) is 0 Å². The van der Waals surface area contributed by atoms with Crippen LogP contribution in [0.1, 0.15) is 11.1 Å². The van der Waals surface area contributed by atoms with Crippen LogP contribution in [0.15, 0.2) is 42.5 Å². The number of hydrogen-bond donors (Lipinski definition) is 2. The first-order chi connectivity index (χ1) is 8.20. The van der Waals surface area contributed by atoms with E-state index in [9.17, 15) is 0 Å². The lowest BCUT2D eigenvalue weighted by molar-refractivity contribution is 0.281. The zero-order valence-electron chi connectivity index (χ0n) is 9.68. The maximum absolute atomic E-state index is 8.95. The largest absolute Gasteiger partial charge is 0.455 e. The van der Waals surface area contributed by atoms with Crippen molar-refractivity contribution in [1.29, 1.82) is 0 Å². The summed E-state index contributed by atoms with van der Waals surface area (Å²) in [6, 6.07) is 12.9. The minimum Gasteiger partial charge on any atom is -0.455 e. The Morgan fingerprint density at radius 1 is 1.12 bits per heavy atom. The van der Waals surface area contributed by atoms with E-state index in [4.69, 9.17) is 15.6 Å². The fraction of sp³-hybridized carbons (Fsp3) is 0.143. The molecule has 17 heavy (non-hydrogen) atoms. The van der Waals surface area contributed by atoms with Crippen LogP contribution in [0.3, 0.4) is 0 Å². The van der Waals surface area contributed by atoms with Gasteiger partial charge in [0.15, 0.2) is 5.75 Å². The first-order valence-corrected chi connectivity index (χ1v) is 5.43. The number of aliphatic hydroxyl groups excluding tert-OH is 1. The molecule has 0 aliphatic heterocycles. The number of hydrogen-bond acceptors (Lipinski definition) is 3. The molecule has 0 amide bonds. The quantitative estimate of drug-likeness (QED) is 0.796. The molecule has 0 heterocycles. The molecule has 3 N–H and O–H groups in total. The van der Waals surface area contributed by atoms with Gasteiger partial charge >= 0.3 is 0 Å². The minimum atomic E-state index is 0.0345. The molecule has 0 spiro atoms. The second-order valence-corrected chi connectivity index (χ2v) is 3.90. The minimum absolute atomic E-state index is 0.0345. The van der Waals surface area contributed by atoms with Gasteiger partial charge in [-0.15, -0.1) is 0 Å². The third kappa shape index (κ3) is 2.57. The monoisotopic (exact) mass is 229 g/mol. The molecule has 0 aromatic heterocycles. The van der Waals surface area contributed by atoms with Crippen molar-refractivity contribution in [1.82, 2.24) is 0 Å². The first kappa shape index (κ1) is 11.5. The van der Waals surface area contributed by atoms with Crippen molar-refractivity contribution in [2.45, 2.75) is 13.5 Å². The lowest BCUT2D eigenvalue weighted by Gasteiger charge is -2.11. The van der Waals surface area contributed by atoms with Crippen LogP contribution in [0.5, 0.6) is 11.5 Å². The van der Waals surface area contributed by atoms with Gasteiger partial charge in [-0.1, -0.05) is 24.3 Å². The third-order valence-corrected chi connectivity index (χ3v) is 2.57. The number of nitrogen functional groups attached to an aromatic ring is 1. The molecule has 0 saturated carbocycles. The molecule has 0 bridgehead atoms. The van der Waals surface area contributed by atoms with Gasteiger partial charge in [-0.25, -0.2) is 0 Å². The van der Waals surface area contributed by atoms with Crippen LogP contribution >= 0.6 is 0 Å². The lowest BCUT2D eigenvalue weighted by atomic mass is 10.2. The molecule has 2 aromatic carbocycles. The lowest BCUT2D eigenvalue weighted by Crippen LogP contribution is -1.94. The van der Waals surface area contributed by atoms with Crippen LogP contribution in [0.2, 0.25) is 0 Å². The third-order valence-electron chi connectivity index (χ3n) is 2.57. The molecule has 3 nitrogen and oxygen atoms in total. The van der Waals surface area contributed by atoms with Crippen LogP contribution < -0.4 is 10.5 Å². The predicted molar refractivity (Wildman–Crippen MR) is 68.0 cm³/mol. The summed E-state index contributed by atoms with van der Waals surface area (Å²) in [7, 11) is 0. The van der Waals surface area contributed by atoms with Gasteiger partial charge in [0.1, 0.15) is 5.75 Å². The van der Waals surface area contributed by atoms with Crippen LogP contribution in [-0.4, -0.2) is 5.11 Å². The Morgan fingerprint density at radius 2 is 1.82 bits per heavy atom. The zero-order valence-corrected chi connectivity index (χ0v) is 9.68. The number of aryl methyl sites for hydroxylation is 1. The van der Waals surface area contributed by atoms with E-state index in [0.717, 1.165) is 11.1 Å². The van der Waals surface area contributed by atoms with E-state index in [1.54, 1.807) is 0 Å². The zero-order chi connectivity index (χ0) is 12.3. The summed E-state index contributed by atoms with van der Waals surface area (Å²) in [5.74, 6) is 1.40. The summed E-state index contributed by atoms with van der Waals surface area (Å²) in [4.78, 5) is 0. The van der Waals surface area contributed by atoms with Crippen LogP contribution in [-0.2, 0) is 6.61 Å². The molecule has 0 unspecified atom stereocenters. The second-order valence-electron chi connectivity index (χ2n) is 3.90. The molecule has 2 rings (SSSR count). The Kier molecular flexibility index (Phi) is 3.30. The summed E-state index contributed by atoms with van der Waals surface area (Å²) in [5, 5.41) is 8.95. The Bertz CT molecular complexity index is 486. The highest BCUT2D eigenvalue weighted by atomic mass is 16.5. The normalized spacial score (nSPS) is 10.2.